The average molecular weight is 387 g/mol. The fourth-order valence-corrected chi connectivity index (χ4v) is 3.85. The zero-order chi connectivity index (χ0) is 20.4. The lowest BCUT2D eigenvalue weighted by atomic mass is 9.98. The fraction of sp³-hybridized carbons (Fsp3) is 0.250. The summed E-state index contributed by atoms with van der Waals surface area (Å²) in [5.41, 5.74) is 5.39. The van der Waals surface area contributed by atoms with E-state index in [2.05, 4.69) is 35.4 Å². The first kappa shape index (κ1) is 19.0. The Balaban J connectivity index is 1.54. The number of amides is 1. The number of pyridine rings is 1. The molecule has 2 heterocycles. The van der Waals surface area contributed by atoms with Gasteiger partial charge in [-0.2, -0.15) is 0 Å². The van der Waals surface area contributed by atoms with E-state index in [0.717, 1.165) is 34.7 Å². The first-order valence-electron chi connectivity index (χ1n) is 9.78. The molecule has 1 unspecified atom stereocenters. The average Bonchev–Trinajstić information content (AvgIpc) is 2.99. The van der Waals surface area contributed by atoms with Crippen molar-refractivity contribution < 1.29 is 9.53 Å². The third-order valence-electron chi connectivity index (χ3n) is 5.53. The van der Waals surface area contributed by atoms with E-state index in [0.29, 0.717) is 6.54 Å². The topological polar surface area (TPSA) is 54.5 Å². The normalized spacial score (nSPS) is 15.3. The summed E-state index contributed by atoms with van der Waals surface area (Å²) in [5, 5.41) is 3.07. The van der Waals surface area contributed by atoms with E-state index in [4.69, 9.17) is 4.74 Å². The zero-order valence-electron chi connectivity index (χ0n) is 17.0. The molecule has 29 heavy (non-hydrogen) atoms. The summed E-state index contributed by atoms with van der Waals surface area (Å²) >= 11 is 0. The number of methoxy groups -OCH3 is 1. The van der Waals surface area contributed by atoms with Gasteiger partial charge in [-0.1, -0.05) is 24.3 Å². The highest BCUT2D eigenvalue weighted by Gasteiger charge is 2.33. The smallest absolute Gasteiger partial charge is 0.255 e. The van der Waals surface area contributed by atoms with Crippen LogP contribution in [0.2, 0.25) is 0 Å². The molecule has 4 rings (SSSR count). The van der Waals surface area contributed by atoms with Crippen LogP contribution in [0.25, 0.3) is 0 Å². The van der Waals surface area contributed by atoms with Gasteiger partial charge in [0.1, 0.15) is 11.6 Å². The predicted octanol–water partition coefficient (Wildman–Crippen LogP) is 4.44. The van der Waals surface area contributed by atoms with Crippen LogP contribution in [0.5, 0.6) is 5.75 Å². The summed E-state index contributed by atoms with van der Waals surface area (Å²) in [6.07, 6.45) is 2.63. The number of hydrogen-bond donors (Lipinski definition) is 1. The molecule has 3 aromatic rings. The molecular weight excluding hydrogens is 362 g/mol. The zero-order valence-corrected chi connectivity index (χ0v) is 17.0. The Morgan fingerprint density at radius 2 is 1.76 bits per heavy atom. The van der Waals surface area contributed by atoms with Crippen molar-refractivity contribution in [3.63, 3.8) is 0 Å². The Labute approximate surface area is 171 Å². The number of nitrogens with zero attached hydrogens (tertiary/aromatic N) is 2. The van der Waals surface area contributed by atoms with E-state index in [1.54, 1.807) is 7.11 Å². The fourth-order valence-electron chi connectivity index (χ4n) is 3.85. The lowest BCUT2D eigenvalue weighted by Crippen LogP contribution is -2.26. The maximum absolute atomic E-state index is 13.0. The van der Waals surface area contributed by atoms with Gasteiger partial charge in [0.2, 0.25) is 0 Å². The lowest BCUT2D eigenvalue weighted by Gasteiger charge is -2.22. The van der Waals surface area contributed by atoms with Gasteiger partial charge in [-0.05, 0) is 65.9 Å². The molecule has 148 valence electrons. The van der Waals surface area contributed by atoms with Crippen LogP contribution in [-0.4, -0.2) is 29.9 Å². The van der Waals surface area contributed by atoms with Crippen LogP contribution in [0.1, 0.15) is 45.6 Å². The van der Waals surface area contributed by atoms with Crippen molar-refractivity contribution in [2.45, 2.75) is 25.9 Å². The molecule has 1 aliphatic heterocycles. The van der Waals surface area contributed by atoms with Crippen LogP contribution in [0.3, 0.4) is 0 Å². The van der Waals surface area contributed by atoms with Gasteiger partial charge >= 0.3 is 0 Å². The minimum atomic E-state index is 0.0462. The van der Waals surface area contributed by atoms with Gasteiger partial charge in [0.25, 0.3) is 5.91 Å². The molecule has 1 N–H and O–H groups in total. The lowest BCUT2D eigenvalue weighted by molar-refractivity contribution is 0.0723. The van der Waals surface area contributed by atoms with Gasteiger partial charge in [-0.15, -0.1) is 0 Å². The second kappa shape index (κ2) is 7.95. The minimum Gasteiger partial charge on any atom is -0.497 e. The Morgan fingerprint density at radius 1 is 1.03 bits per heavy atom. The van der Waals surface area contributed by atoms with Gasteiger partial charge in [-0.3, -0.25) is 4.79 Å². The number of nitrogens with one attached hydrogen (secondary N) is 1. The third kappa shape index (κ3) is 3.81. The maximum Gasteiger partial charge on any atom is 0.255 e. The first-order chi connectivity index (χ1) is 14.1. The van der Waals surface area contributed by atoms with E-state index in [9.17, 15) is 4.79 Å². The molecule has 0 saturated carbocycles. The summed E-state index contributed by atoms with van der Waals surface area (Å²) in [4.78, 5) is 19.2. The number of hydrogen-bond acceptors (Lipinski definition) is 4. The Morgan fingerprint density at radius 3 is 2.48 bits per heavy atom. The van der Waals surface area contributed by atoms with Crippen molar-refractivity contribution >= 4 is 11.7 Å². The quantitative estimate of drug-likeness (QED) is 0.679. The standard InChI is InChI=1S/C24H25N3O2/c1-16-22-13-18(12-19-10-11-26-23(14-19)25-2)6-9-21(22)24(28)27(16)15-17-4-7-20(29-3)8-5-17/h4-11,13-14,16H,12,15H2,1-3H3,(H,25,26). The van der Waals surface area contributed by atoms with Crippen molar-refractivity contribution in [3.8, 4) is 5.75 Å². The molecule has 1 atom stereocenters. The number of carbonyl (C=O) groups excluding carboxylic acids is 1. The second-order valence-electron chi connectivity index (χ2n) is 7.35. The van der Waals surface area contributed by atoms with E-state index in [1.807, 2.05) is 54.5 Å². The van der Waals surface area contributed by atoms with Gasteiger partial charge in [0.15, 0.2) is 0 Å². The highest BCUT2D eigenvalue weighted by Crippen LogP contribution is 2.35. The molecule has 0 radical (unpaired) electrons. The highest BCUT2D eigenvalue weighted by atomic mass is 16.5. The first-order valence-corrected chi connectivity index (χ1v) is 9.78. The monoisotopic (exact) mass is 387 g/mol. The number of aromatic nitrogens is 1. The molecule has 0 aliphatic carbocycles. The van der Waals surface area contributed by atoms with Crippen LogP contribution in [0.15, 0.2) is 60.8 Å². The summed E-state index contributed by atoms with van der Waals surface area (Å²) in [6.45, 7) is 2.69. The molecule has 0 saturated heterocycles. The molecule has 1 aliphatic rings. The van der Waals surface area contributed by atoms with Crippen molar-refractivity contribution in [2.75, 3.05) is 19.5 Å². The van der Waals surface area contributed by atoms with Crippen LogP contribution >= 0.6 is 0 Å². The highest BCUT2D eigenvalue weighted by molar-refractivity contribution is 5.99. The molecule has 5 nitrogen and oxygen atoms in total. The largest absolute Gasteiger partial charge is 0.497 e. The molecule has 1 aromatic heterocycles. The molecule has 0 spiro atoms. The predicted molar refractivity (Wildman–Crippen MR) is 114 cm³/mol. The van der Waals surface area contributed by atoms with Crippen LogP contribution < -0.4 is 10.1 Å². The SMILES string of the molecule is CNc1cc(Cc2ccc3c(c2)C(C)N(Cc2ccc(OC)cc2)C3=O)ccn1. The van der Waals surface area contributed by atoms with Crippen LogP contribution in [-0.2, 0) is 13.0 Å². The summed E-state index contributed by atoms with van der Waals surface area (Å²) in [5.74, 6) is 1.77. The Hall–Kier alpha value is -3.34. The van der Waals surface area contributed by atoms with Crippen molar-refractivity contribution in [3.05, 3.63) is 88.6 Å². The van der Waals surface area contributed by atoms with Gasteiger partial charge in [-0.25, -0.2) is 4.98 Å². The number of anilines is 1. The Bertz CT molecular complexity index is 1030. The van der Waals surface area contributed by atoms with Crippen LogP contribution in [0.4, 0.5) is 5.82 Å². The second-order valence-corrected chi connectivity index (χ2v) is 7.35. The van der Waals surface area contributed by atoms with E-state index in [1.165, 1.54) is 11.1 Å². The molecule has 1 amide bonds. The maximum atomic E-state index is 13.0. The summed E-state index contributed by atoms with van der Waals surface area (Å²) < 4.78 is 5.22. The van der Waals surface area contributed by atoms with Crippen molar-refractivity contribution in [1.29, 1.82) is 0 Å². The van der Waals surface area contributed by atoms with E-state index < -0.39 is 0 Å². The molecule has 2 aromatic carbocycles. The van der Waals surface area contributed by atoms with E-state index >= 15 is 0 Å². The van der Waals surface area contributed by atoms with Gasteiger partial charge < -0.3 is 15.0 Å². The van der Waals surface area contributed by atoms with Crippen molar-refractivity contribution in [1.82, 2.24) is 9.88 Å². The number of ether oxygens (including phenoxy) is 1. The Kier molecular flexibility index (Phi) is 5.21. The van der Waals surface area contributed by atoms with Crippen molar-refractivity contribution in [2.24, 2.45) is 0 Å². The number of benzene rings is 2. The van der Waals surface area contributed by atoms with Gasteiger partial charge in [0.05, 0.1) is 13.2 Å². The number of rotatable bonds is 6. The molecular formula is C24H25N3O2. The van der Waals surface area contributed by atoms with Gasteiger partial charge in [0, 0.05) is 25.4 Å². The number of carbonyl (C=O) groups is 1. The third-order valence-corrected chi connectivity index (χ3v) is 5.53. The number of fused-ring (bicyclic) bond motifs is 1. The molecule has 0 bridgehead atoms. The molecule has 5 heteroatoms. The molecule has 0 fully saturated rings. The summed E-state index contributed by atoms with van der Waals surface area (Å²) in [6, 6.07) is 18.2. The van der Waals surface area contributed by atoms with Crippen LogP contribution in [0, 0.1) is 0 Å². The summed E-state index contributed by atoms with van der Waals surface area (Å²) in [7, 11) is 3.52. The van der Waals surface area contributed by atoms with E-state index in [-0.39, 0.29) is 11.9 Å². The minimum absolute atomic E-state index is 0.0462.